The van der Waals surface area contributed by atoms with Crippen LogP contribution in [0.2, 0.25) is 0 Å². The molecule has 3 aliphatic rings. The molecule has 1 saturated heterocycles. The van der Waals surface area contributed by atoms with E-state index in [1.54, 1.807) is 0 Å². The lowest BCUT2D eigenvalue weighted by atomic mass is 9.51. The minimum atomic E-state index is 0. The van der Waals surface area contributed by atoms with Crippen LogP contribution in [-0.4, -0.2) is 63.3 Å². The summed E-state index contributed by atoms with van der Waals surface area (Å²) in [5.41, 5.74) is 0.388. The van der Waals surface area contributed by atoms with Crippen molar-refractivity contribution in [3.8, 4) is 0 Å². The molecule has 1 spiro atoms. The molecule has 2 aliphatic carbocycles. The van der Waals surface area contributed by atoms with E-state index in [2.05, 4.69) is 34.5 Å². The van der Waals surface area contributed by atoms with Crippen LogP contribution in [0.5, 0.6) is 0 Å². The largest absolute Gasteiger partial charge is 0.378 e. The summed E-state index contributed by atoms with van der Waals surface area (Å²) in [5, 5.41) is 7.24. The lowest BCUT2D eigenvalue weighted by Gasteiger charge is -2.61. The summed E-state index contributed by atoms with van der Waals surface area (Å²) >= 11 is 0. The summed E-state index contributed by atoms with van der Waals surface area (Å²) in [6, 6.07) is 0.535. The summed E-state index contributed by atoms with van der Waals surface area (Å²) in [7, 11) is 4.11. The topological polar surface area (TPSA) is 48.9 Å². The second-order valence-electron chi connectivity index (χ2n) is 7.69. The number of halogens is 1. The van der Waals surface area contributed by atoms with Gasteiger partial charge in [-0.15, -0.1) is 24.0 Å². The fourth-order valence-corrected chi connectivity index (χ4v) is 4.68. The van der Waals surface area contributed by atoms with Gasteiger partial charge in [0.15, 0.2) is 5.96 Å². The van der Waals surface area contributed by atoms with E-state index < -0.39 is 0 Å². The van der Waals surface area contributed by atoms with Crippen molar-refractivity contribution in [2.75, 3.05) is 40.3 Å². The molecule has 6 heteroatoms. The molecule has 0 radical (unpaired) electrons. The van der Waals surface area contributed by atoms with Crippen molar-refractivity contribution >= 4 is 29.9 Å². The van der Waals surface area contributed by atoms with Crippen LogP contribution in [0.25, 0.3) is 0 Å². The summed E-state index contributed by atoms with van der Waals surface area (Å²) in [4.78, 5) is 6.89. The van der Waals surface area contributed by atoms with Gasteiger partial charge >= 0.3 is 0 Å². The van der Waals surface area contributed by atoms with E-state index >= 15 is 0 Å². The number of nitrogens with zero attached hydrogens (tertiary/aromatic N) is 2. The van der Waals surface area contributed by atoms with Crippen molar-refractivity contribution in [1.82, 2.24) is 15.5 Å². The van der Waals surface area contributed by atoms with Crippen molar-refractivity contribution in [2.45, 2.75) is 57.6 Å². The standard InChI is InChI=1S/C18H34N4O.HI/c1-4-23-16-11-15(18(16)8-6-9-18)21-17(19-2)20-12-14-7-5-10-22(3)13-14;/h14-16H,4-13H2,1-3H3,(H2,19,20,21);1H. The van der Waals surface area contributed by atoms with Gasteiger partial charge in [-0.05, 0) is 58.5 Å². The maximum Gasteiger partial charge on any atom is 0.191 e. The van der Waals surface area contributed by atoms with Crippen molar-refractivity contribution in [3.05, 3.63) is 0 Å². The average molecular weight is 450 g/mol. The second kappa shape index (κ2) is 9.03. The number of likely N-dealkylation sites (tertiary alicyclic amines) is 1. The van der Waals surface area contributed by atoms with Crippen LogP contribution < -0.4 is 10.6 Å². The summed E-state index contributed by atoms with van der Waals surface area (Å²) in [6.07, 6.45) is 8.19. The van der Waals surface area contributed by atoms with Gasteiger partial charge in [0.25, 0.3) is 0 Å². The van der Waals surface area contributed by atoms with Gasteiger partial charge in [0.2, 0.25) is 0 Å². The molecule has 1 aliphatic heterocycles. The number of hydrogen-bond donors (Lipinski definition) is 2. The summed E-state index contributed by atoms with van der Waals surface area (Å²) in [6.45, 7) is 6.41. The lowest BCUT2D eigenvalue weighted by molar-refractivity contribution is -0.168. The Morgan fingerprint density at radius 3 is 2.71 bits per heavy atom. The van der Waals surface area contributed by atoms with Crippen LogP contribution in [0.1, 0.15) is 45.4 Å². The Balaban J connectivity index is 0.00000208. The van der Waals surface area contributed by atoms with Crippen LogP contribution in [0.4, 0.5) is 0 Å². The number of guanidine groups is 1. The number of nitrogens with one attached hydrogen (secondary N) is 2. The zero-order valence-corrected chi connectivity index (χ0v) is 17.8. The molecule has 24 heavy (non-hydrogen) atoms. The average Bonchev–Trinajstić information content (AvgIpc) is 2.47. The first-order valence-corrected chi connectivity index (χ1v) is 9.45. The molecule has 140 valence electrons. The number of aliphatic imine (C=N–C) groups is 1. The lowest BCUT2D eigenvalue weighted by Crippen LogP contribution is -2.68. The first-order chi connectivity index (χ1) is 11.2. The van der Waals surface area contributed by atoms with Crippen molar-refractivity contribution in [2.24, 2.45) is 16.3 Å². The highest BCUT2D eigenvalue weighted by Gasteiger charge is 2.59. The molecule has 0 aromatic carbocycles. The molecule has 0 amide bonds. The Bertz CT molecular complexity index is 427. The summed E-state index contributed by atoms with van der Waals surface area (Å²) in [5.74, 6) is 1.71. The quantitative estimate of drug-likeness (QED) is 0.384. The highest BCUT2D eigenvalue weighted by atomic mass is 127. The van der Waals surface area contributed by atoms with Gasteiger partial charge in [0, 0.05) is 38.2 Å². The van der Waals surface area contributed by atoms with Crippen LogP contribution in [-0.2, 0) is 4.74 Å². The maximum absolute atomic E-state index is 5.94. The molecule has 3 rings (SSSR count). The van der Waals surface area contributed by atoms with Gasteiger partial charge in [-0.1, -0.05) is 6.42 Å². The van der Waals surface area contributed by atoms with Crippen molar-refractivity contribution < 1.29 is 4.74 Å². The van der Waals surface area contributed by atoms with Gasteiger partial charge in [-0.3, -0.25) is 4.99 Å². The monoisotopic (exact) mass is 450 g/mol. The fraction of sp³-hybridized carbons (Fsp3) is 0.944. The third kappa shape index (κ3) is 4.18. The molecule has 3 atom stereocenters. The molecular weight excluding hydrogens is 415 g/mol. The Labute approximate surface area is 164 Å². The Hall–Kier alpha value is -0.0800. The Morgan fingerprint density at radius 1 is 1.33 bits per heavy atom. The number of rotatable bonds is 5. The third-order valence-corrected chi connectivity index (χ3v) is 6.25. The summed E-state index contributed by atoms with van der Waals surface area (Å²) < 4.78 is 5.94. The second-order valence-corrected chi connectivity index (χ2v) is 7.69. The van der Waals surface area contributed by atoms with E-state index in [0.717, 1.165) is 31.4 Å². The molecule has 3 unspecified atom stereocenters. The Morgan fingerprint density at radius 2 is 2.12 bits per heavy atom. The van der Waals surface area contributed by atoms with Gasteiger partial charge in [0.1, 0.15) is 0 Å². The van der Waals surface area contributed by atoms with Crippen molar-refractivity contribution in [1.29, 1.82) is 0 Å². The third-order valence-electron chi connectivity index (χ3n) is 6.25. The zero-order valence-electron chi connectivity index (χ0n) is 15.5. The minimum Gasteiger partial charge on any atom is -0.378 e. The predicted octanol–water partition coefficient (Wildman–Crippen LogP) is 2.46. The van der Waals surface area contributed by atoms with Crippen LogP contribution in [0.15, 0.2) is 4.99 Å². The molecule has 0 aromatic rings. The molecule has 2 N–H and O–H groups in total. The van der Waals surface area contributed by atoms with E-state index in [1.165, 1.54) is 45.2 Å². The van der Waals surface area contributed by atoms with E-state index in [1.807, 2.05) is 7.05 Å². The molecule has 3 fully saturated rings. The van der Waals surface area contributed by atoms with Gasteiger partial charge < -0.3 is 20.3 Å². The Kier molecular flexibility index (Phi) is 7.61. The van der Waals surface area contributed by atoms with E-state index in [9.17, 15) is 0 Å². The van der Waals surface area contributed by atoms with Gasteiger partial charge in [-0.25, -0.2) is 0 Å². The van der Waals surface area contributed by atoms with Crippen LogP contribution in [0.3, 0.4) is 0 Å². The van der Waals surface area contributed by atoms with E-state index in [-0.39, 0.29) is 24.0 Å². The molecular formula is C18H35IN4O. The molecule has 5 nitrogen and oxygen atoms in total. The van der Waals surface area contributed by atoms with Crippen LogP contribution >= 0.6 is 24.0 Å². The van der Waals surface area contributed by atoms with Gasteiger partial charge in [-0.2, -0.15) is 0 Å². The first kappa shape index (κ1) is 20.2. The fourth-order valence-electron chi connectivity index (χ4n) is 4.68. The van der Waals surface area contributed by atoms with E-state index in [4.69, 9.17) is 4.74 Å². The molecule has 1 heterocycles. The van der Waals surface area contributed by atoms with Crippen LogP contribution in [0, 0.1) is 11.3 Å². The molecule has 0 bridgehead atoms. The predicted molar refractivity (Wildman–Crippen MR) is 110 cm³/mol. The first-order valence-electron chi connectivity index (χ1n) is 9.45. The number of ether oxygens (including phenoxy) is 1. The SMILES string of the molecule is CCOC1CC(NC(=NC)NCC2CCCN(C)C2)C12CCC2.I. The number of piperidine rings is 1. The zero-order chi connectivity index (χ0) is 16.3. The van der Waals surface area contributed by atoms with E-state index in [0.29, 0.717) is 17.6 Å². The van der Waals surface area contributed by atoms with Crippen molar-refractivity contribution in [3.63, 3.8) is 0 Å². The highest BCUT2D eigenvalue weighted by Crippen LogP contribution is 2.57. The number of hydrogen-bond acceptors (Lipinski definition) is 3. The van der Waals surface area contributed by atoms with Gasteiger partial charge in [0.05, 0.1) is 6.10 Å². The minimum absolute atomic E-state index is 0. The molecule has 0 aromatic heterocycles. The molecule has 2 saturated carbocycles. The smallest absolute Gasteiger partial charge is 0.191 e. The normalized spacial score (nSPS) is 32.5. The maximum atomic E-state index is 5.94. The highest BCUT2D eigenvalue weighted by molar-refractivity contribution is 14.0.